The molecule has 0 bridgehead atoms. The number of nitrogens with one attached hydrogen (secondary N) is 3. The van der Waals surface area contributed by atoms with Crippen LogP contribution in [-0.4, -0.2) is 57.3 Å². The number of nitrogens with zero attached hydrogens (tertiary/aromatic N) is 3. The van der Waals surface area contributed by atoms with Crippen molar-refractivity contribution in [2.45, 2.75) is 70.4 Å². The van der Waals surface area contributed by atoms with E-state index >= 15 is 0 Å². The minimum atomic E-state index is -4.51. The average molecular weight is 547 g/mol. The Morgan fingerprint density at radius 1 is 1.10 bits per heavy atom. The number of benzene rings is 1. The van der Waals surface area contributed by atoms with Gasteiger partial charge in [0, 0.05) is 18.4 Å². The molecular weight excluding hydrogens is 513 g/mol. The summed E-state index contributed by atoms with van der Waals surface area (Å²) in [4.78, 5) is 40.0. The summed E-state index contributed by atoms with van der Waals surface area (Å²) in [6.45, 7) is 3.61. The second kappa shape index (κ2) is 10.5. The summed E-state index contributed by atoms with van der Waals surface area (Å²) in [6.07, 6.45) is 1.21. The van der Waals surface area contributed by atoms with Gasteiger partial charge in [-0.25, -0.2) is 4.79 Å². The lowest BCUT2D eigenvalue weighted by molar-refractivity contribution is -0.150. The Labute approximate surface area is 224 Å². The number of urea groups is 1. The summed E-state index contributed by atoms with van der Waals surface area (Å²) in [5, 5.41) is 12.1. The summed E-state index contributed by atoms with van der Waals surface area (Å²) in [7, 11) is 0. The number of carbonyl (C=O) groups excluding carboxylic acids is 3. The Kier molecular flexibility index (Phi) is 7.30. The maximum Gasteiger partial charge on any atom is 0.410 e. The molecule has 5 rings (SSSR count). The summed E-state index contributed by atoms with van der Waals surface area (Å²) < 4.78 is 40.8. The highest BCUT2D eigenvalue weighted by Gasteiger charge is 2.49. The molecule has 1 unspecified atom stereocenters. The number of alkyl halides is 3. The van der Waals surface area contributed by atoms with Crippen molar-refractivity contribution < 1.29 is 27.6 Å². The Morgan fingerprint density at radius 2 is 1.74 bits per heavy atom. The summed E-state index contributed by atoms with van der Waals surface area (Å²) in [5.74, 6) is 0.218. The summed E-state index contributed by atoms with van der Waals surface area (Å²) >= 11 is 0. The third-order valence-electron chi connectivity index (χ3n) is 8.00. The van der Waals surface area contributed by atoms with Gasteiger partial charge in [-0.15, -0.1) is 0 Å². The first-order valence-corrected chi connectivity index (χ1v) is 13.4. The largest absolute Gasteiger partial charge is 0.410 e. The van der Waals surface area contributed by atoms with Crippen molar-refractivity contribution in [3.05, 3.63) is 47.8 Å². The standard InChI is InChI=1S/C27H33F3N6O3/c1-3-36-20(12-13-31-36)24(37)34-23(22(17-4-5-17)18-6-7-18)25(38)32-19-10-8-16(9-11-19)15(2)35-14-21(27(28,29)30)33-26(35)39/h8-13,15,17-18,21-23H,3-7,14H2,1-2H3,(H,32,38)(H,33,39)(H,34,37)/t15-,21-,23?/m0/s1. The van der Waals surface area contributed by atoms with Crippen molar-refractivity contribution in [2.24, 2.45) is 17.8 Å². The van der Waals surface area contributed by atoms with Gasteiger partial charge in [-0.2, -0.15) is 18.3 Å². The van der Waals surface area contributed by atoms with Crippen molar-refractivity contribution >= 4 is 23.5 Å². The molecule has 3 N–H and O–H groups in total. The van der Waals surface area contributed by atoms with E-state index in [1.807, 2.05) is 12.2 Å². The van der Waals surface area contributed by atoms with Crippen molar-refractivity contribution in [2.75, 3.05) is 11.9 Å². The first-order chi connectivity index (χ1) is 18.6. The quantitative estimate of drug-likeness (QED) is 0.417. The topological polar surface area (TPSA) is 108 Å². The van der Waals surface area contributed by atoms with Gasteiger partial charge >= 0.3 is 12.2 Å². The van der Waals surface area contributed by atoms with Gasteiger partial charge in [-0.05, 0) is 81.0 Å². The van der Waals surface area contributed by atoms with Gasteiger partial charge in [-0.3, -0.25) is 14.3 Å². The molecule has 2 saturated carbocycles. The number of anilines is 1. The second-order valence-corrected chi connectivity index (χ2v) is 10.7. The smallest absolute Gasteiger partial charge is 0.339 e. The SMILES string of the molecule is CCn1nccc1C(=O)NC(C(=O)Nc1ccc([C@H](C)N2C[C@@H](C(F)(F)F)NC2=O)cc1)C(C1CC1)C1CC1. The minimum absolute atomic E-state index is 0.0569. The Balaban J connectivity index is 1.28. The minimum Gasteiger partial charge on any atom is -0.339 e. The summed E-state index contributed by atoms with van der Waals surface area (Å²) in [6, 6.07) is 4.35. The lowest BCUT2D eigenvalue weighted by atomic mass is 9.88. The highest BCUT2D eigenvalue weighted by atomic mass is 19.4. The number of rotatable bonds is 10. The molecule has 12 heteroatoms. The second-order valence-electron chi connectivity index (χ2n) is 10.7. The molecule has 1 saturated heterocycles. The fraction of sp³-hybridized carbons (Fsp3) is 0.556. The Morgan fingerprint density at radius 3 is 2.28 bits per heavy atom. The third-order valence-corrected chi connectivity index (χ3v) is 8.00. The molecule has 4 amide bonds. The molecule has 1 aliphatic heterocycles. The lowest BCUT2D eigenvalue weighted by Gasteiger charge is -2.28. The normalized spacial score (nSPS) is 21.0. The maximum atomic E-state index is 13.6. The number of hydrogen-bond donors (Lipinski definition) is 3. The zero-order chi connectivity index (χ0) is 27.9. The van der Waals surface area contributed by atoms with Gasteiger partial charge < -0.3 is 20.9 Å². The number of carbonyl (C=O) groups is 3. The molecule has 3 atom stereocenters. The van der Waals surface area contributed by atoms with E-state index in [2.05, 4.69) is 15.7 Å². The van der Waals surface area contributed by atoms with Gasteiger partial charge in [-0.1, -0.05) is 12.1 Å². The zero-order valence-corrected chi connectivity index (χ0v) is 21.9. The maximum absolute atomic E-state index is 13.6. The number of aryl methyl sites for hydroxylation is 1. The van der Waals surface area contributed by atoms with E-state index in [1.54, 1.807) is 48.1 Å². The summed E-state index contributed by atoms with van der Waals surface area (Å²) in [5.41, 5.74) is 1.54. The van der Waals surface area contributed by atoms with Crippen LogP contribution in [0.15, 0.2) is 36.5 Å². The van der Waals surface area contributed by atoms with Crippen molar-refractivity contribution in [3.8, 4) is 0 Å². The molecule has 0 radical (unpaired) electrons. The van der Waals surface area contributed by atoms with E-state index in [4.69, 9.17) is 0 Å². The van der Waals surface area contributed by atoms with Gasteiger partial charge in [0.05, 0.1) is 12.6 Å². The van der Waals surface area contributed by atoms with Gasteiger partial charge in [0.1, 0.15) is 17.8 Å². The van der Waals surface area contributed by atoms with E-state index in [9.17, 15) is 27.6 Å². The molecule has 1 aromatic heterocycles. The van der Waals surface area contributed by atoms with Crippen LogP contribution >= 0.6 is 0 Å². The lowest BCUT2D eigenvalue weighted by Crippen LogP contribution is -2.50. The molecule has 0 spiro atoms. The predicted molar refractivity (Wildman–Crippen MR) is 137 cm³/mol. The zero-order valence-electron chi connectivity index (χ0n) is 21.9. The highest BCUT2D eigenvalue weighted by Crippen LogP contribution is 2.51. The molecule has 3 aliphatic rings. The number of halogens is 3. The Hall–Kier alpha value is -3.57. The van der Waals surface area contributed by atoms with Crippen molar-refractivity contribution in [1.29, 1.82) is 0 Å². The van der Waals surface area contributed by atoms with Crippen LogP contribution in [-0.2, 0) is 11.3 Å². The molecule has 2 heterocycles. The molecule has 1 aromatic carbocycles. The van der Waals surface area contributed by atoms with Gasteiger partial charge in [0.15, 0.2) is 0 Å². The van der Waals surface area contributed by atoms with Gasteiger partial charge in [0.25, 0.3) is 5.91 Å². The first kappa shape index (κ1) is 27.0. The number of aromatic nitrogens is 2. The molecule has 210 valence electrons. The van der Waals surface area contributed by atoms with E-state index in [0.717, 1.165) is 30.6 Å². The predicted octanol–water partition coefficient (Wildman–Crippen LogP) is 4.09. The molecule has 39 heavy (non-hydrogen) atoms. The van der Waals surface area contributed by atoms with Crippen LogP contribution in [0.2, 0.25) is 0 Å². The van der Waals surface area contributed by atoms with Crippen LogP contribution in [0.3, 0.4) is 0 Å². The van der Waals surface area contributed by atoms with Crippen LogP contribution in [0.4, 0.5) is 23.7 Å². The van der Waals surface area contributed by atoms with Crippen LogP contribution in [0.25, 0.3) is 0 Å². The van der Waals surface area contributed by atoms with Crippen LogP contribution in [0, 0.1) is 17.8 Å². The van der Waals surface area contributed by atoms with E-state index < -0.39 is 36.9 Å². The number of hydrogen-bond acceptors (Lipinski definition) is 4. The van der Waals surface area contributed by atoms with E-state index in [1.165, 1.54) is 0 Å². The first-order valence-electron chi connectivity index (χ1n) is 13.4. The van der Waals surface area contributed by atoms with Crippen LogP contribution in [0.1, 0.15) is 61.6 Å². The van der Waals surface area contributed by atoms with Crippen LogP contribution < -0.4 is 16.0 Å². The fourth-order valence-electron chi connectivity index (χ4n) is 5.54. The molecule has 2 aromatic rings. The third kappa shape index (κ3) is 5.89. The number of amides is 4. The average Bonchev–Trinajstić information content (AvgIpc) is 3.83. The monoisotopic (exact) mass is 546 g/mol. The molecule has 9 nitrogen and oxygen atoms in total. The van der Waals surface area contributed by atoms with Crippen molar-refractivity contribution in [3.63, 3.8) is 0 Å². The Bertz CT molecular complexity index is 1210. The molecule has 2 aliphatic carbocycles. The van der Waals surface area contributed by atoms with E-state index in [0.29, 0.717) is 35.3 Å². The molecular formula is C27H33F3N6O3. The van der Waals surface area contributed by atoms with Crippen molar-refractivity contribution in [1.82, 2.24) is 25.3 Å². The van der Waals surface area contributed by atoms with E-state index in [-0.39, 0.29) is 17.7 Å². The fourth-order valence-corrected chi connectivity index (χ4v) is 5.54. The molecule has 3 fully saturated rings. The van der Waals surface area contributed by atoms with Gasteiger partial charge in [0.2, 0.25) is 5.91 Å². The highest BCUT2D eigenvalue weighted by molar-refractivity contribution is 6.00. The van der Waals surface area contributed by atoms with Crippen LogP contribution in [0.5, 0.6) is 0 Å².